The van der Waals surface area contributed by atoms with E-state index in [2.05, 4.69) is 4.98 Å². The molecule has 80 valence electrons. The van der Waals surface area contributed by atoms with E-state index < -0.39 is 0 Å². The van der Waals surface area contributed by atoms with Gasteiger partial charge >= 0.3 is 0 Å². The molecule has 0 amide bonds. The van der Waals surface area contributed by atoms with Gasteiger partial charge in [0.2, 0.25) is 5.28 Å². The van der Waals surface area contributed by atoms with E-state index in [9.17, 15) is 4.79 Å². The Labute approximate surface area is 100 Å². The first-order chi connectivity index (χ1) is 7.09. The van der Waals surface area contributed by atoms with Gasteiger partial charge in [0.05, 0.1) is 6.20 Å². The van der Waals surface area contributed by atoms with Crippen LogP contribution >= 0.6 is 34.7 Å². The number of aromatic nitrogens is 2. The van der Waals surface area contributed by atoms with Crippen molar-refractivity contribution < 1.29 is 4.79 Å². The fourth-order valence-electron chi connectivity index (χ4n) is 1.34. The first-order valence-electron chi connectivity index (χ1n) is 4.34. The van der Waals surface area contributed by atoms with Crippen LogP contribution in [-0.4, -0.2) is 14.5 Å². The summed E-state index contributed by atoms with van der Waals surface area (Å²) in [6, 6.07) is 0. The lowest BCUT2D eigenvalue weighted by Crippen LogP contribution is -1.93. The lowest BCUT2D eigenvalue weighted by molar-refractivity contribution is -0.109. The van der Waals surface area contributed by atoms with Gasteiger partial charge in [-0.1, -0.05) is 11.8 Å². The number of fused-ring (bicyclic) bond motifs is 1. The number of hydrogen-bond donors (Lipinski definition) is 0. The van der Waals surface area contributed by atoms with Gasteiger partial charge in [-0.2, -0.15) is 0 Å². The molecule has 0 saturated heterocycles. The second-order valence-electron chi connectivity index (χ2n) is 3.09. The van der Waals surface area contributed by atoms with Gasteiger partial charge in [0.15, 0.2) is 5.12 Å². The summed E-state index contributed by atoms with van der Waals surface area (Å²) >= 11 is 8.90. The molecule has 0 atom stereocenters. The maximum absolute atomic E-state index is 10.9. The van der Waals surface area contributed by atoms with Gasteiger partial charge in [-0.15, -0.1) is 11.3 Å². The molecular weight excluding hydrogens is 252 g/mol. The van der Waals surface area contributed by atoms with Crippen LogP contribution in [0.5, 0.6) is 0 Å². The molecular formula is C9H9ClN2OS2. The van der Waals surface area contributed by atoms with Crippen LogP contribution in [0.25, 0.3) is 4.83 Å². The number of nitrogens with zero attached hydrogens (tertiary/aromatic N) is 2. The molecule has 15 heavy (non-hydrogen) atoms. The zero-order chi connectivity index (χ0) is 11.0. The second kappa shape index (κ2) is 4.15. The van der Waals surface area contributed by atoms with Crippen molar-refractivity contribution in [2.75, 3.05) is 0 Å². The smallest absolute Gasteiger partial charge is 0.208 e. The third-order valence-electron chi connectivity index (χ3n) is 2.03. The van der Waals surface area contributed by atoms with Crippen LogP contribution in [-0.2, 0) is 10.5 Å². The van der Waals surface area contributed by atoms with E-state index in [0.717, 1.165) is 10.5 Å². The average Bonchev–Trinajstić information content (AvgIpc) is 2.64. The van der Waals surface area contributed by atoms with Crippen molar-refractivity contribution in [1.82, 2.24) is 9.38 Å². The van der Waals surface area contributed by atoms with Crippen molar-refractivity contribution in [3.63, 3.8) is 0 Å². The van der Waals surface area contributed by atoms with E-state index in [1.54, 1.807) is 24.5 Å². The van der Waals surface area contributed by atoms with Gasteiger partial charge in [-0.25, -0.2) is 4.98 Å². The van der Waals surface area contributed by atoms with Crippen LogP contribution in [0.2, 0.25) is 5.28 Å². The predicted molar refractivity (Wildman–Crippen MR) is 64.8 cm³/mol. The topological polar surface area (TPSA) is 34.4 Å². The minimum Gasteiger partial charge on any atom is -0.288 e. The summed E-state index contributed by atoms with van der Waals surface area (Å²) in [6.45, 7) is 3.60. The molecule has 2 aromatic rings. The van der Waals surface area contributed by atoms with Crippen LogP contribution in [0.15, 0.2) is 6.20 Å². The summed E-state index contributed by atoms with van der Waals surface area (Å²) in [7, 11) is 0. The third kappa shape index (κ3) is 2.04. The average molecular weight is 261 g/mol. The lowest BCUT2D eigenvalue weighted by atomic mass is 10.4. The Hall–Kier alpha value is -0.520. The largest absolute Gasteiger partial charge is 0.288 e. The lowest BCUT2D eigenvalue weighted by Gasteiger charge is -1.99. The molecule has 0 saturated carbocycles. The van der Waals surface area contributed by atoms with E-state index in [1.165, 1.54) is 16.6 Å². The van der Waals surface area contributed by atoms with Gasteiger partial charge in [-0.05, 0) is 18.5 Å². The number of hydrogen-bond acceptors (Lipinski definition) is 4. The molecule has 0 N–H and O–H groups in total. The highest BCUT2D eigenvalue weighted by atomic mass is 35.5. The quantitative estimate of drug-likeness (QED) is 0.832. The van der Waals surface area contributed by atoms with Crippen LogP contribution < -0.4 is 0 Å². The van der Waals surface area contributed by atoms with Gasteiger partial charge in [0, 0.05) is 23.2 Å². The number of rotatable bonds is 2. The molecule has 0 aliphatic rings. The molecule has 2 rings (SSSR count). The molecule has 0 aromatic carbocycles. The molecule has 0 aliphatic heterocycles. The molecule has 2 heterocycles. The highest BCUT2D eigenvalue weighted by Gasteiger charge is 2.13. The highest BCUT2D eigenvalue weighted by molar-refractivity contribution is 8.12. The first kappa shape index (κ1) is 11.0. The maximum Gasteiger partial charge on any atom is 0.208 e. The summed E-state index contributed by atoms with van der Waals surface area (Å²) < 4.78 is 1.90. The van der Waals surface area contributed by atoms with Crippen molar-refractivity contribution in [2.24, 2.45) is 0 Å². The van der Waals surface area contributed by atoms with E-state index >= 15 is 0 Å². The summed E-state index contributed by atoms with van der Waals surface area (Å²) in [5.74, 6) is 0.650. The van der Waals surface area contributed by atoms with Crippen LogP contribution in [0.4, 0.5) is 0 Å². The van der Waals surface area contributed by atoms with Gasteiger partial charge < -0.3 is 0 Å². The summed E-state index contributed by atoms with van der Waals surface area (Å²) in [6.07, 6.45) is 1.75. The van der Waals surface area contributed by atoms with Gasteiger partial charge in [-0.3, -0.25) is 9.20 Å². The van der Waals surface area contributed by atoms with Crippen molar-refractivity contribution in [1.29, 1.82) is 0 Å². The number of imidazole rings is 1. The Kier molecular flexibility index (Phi) is 3.04. The number of carbonyl (C=O) groups is 1. The van der Waals surface area contributed by atoms with Crippen molar-refractivity contribution in [3.05, 3.63) is 22.1 Å². The van der Waals surface area contributed by atoms with E-state index in [4.69, 9.17) is 11.6 Å². The molecule has 0 bridgehead atoms. The summed E-state index contributed by atoms with van der Waals surface area (Å²) in [5.41, 5.74) is 1.07. The molecule has 3 nitrogen and oxygen atoms in total. The van der Waals surface area contributed by atoms with Crippen LogP contribution in [0.1, 0.15) is 17.5 Å². The minimum absolute atomic E-state index is 0.116. The van der Waals surface area contributed by atoms with Gasteiger partial charge in [0.1, 0.15) is 4.83 Å². The molecule has 0 unspecified atom stereocenters. The Balaban J connectivity index is 2.43. The van der Waals surface area contributed by atoms with E-state index in [0.29, 0.717) is 11.0 Å². The maximum atomic E-state index is 10.9. The van der Waals surface area contributed by atoms with Gasteiger partial charge in [0.25, 0.3) is 0 Å². The Morgan fingerprint density at radius 2 is 2.47 bits per heavy atom. The molecule has 0 spiro atoms. The number of carbonyl (C=O) groups excluding carboxylic acids is 1. The number of thioether (sulfide) groups is 1. The summed E-state index contributed by atoms with van der Waals surface area (Å²) in [5, 5.41) is 0.582. The van der Waals surface area contributed by atoms with Crippen LogP contribution in [0, 0.1) is 6.92 Å². The van der Waals surface area contributed by atoms with Crippen molar-refractivity contribution in [3.8, 4) is 0 Å². The normalized spacial score (nSPS) is 11.1. The predicted octanol–water partition coefficient (Wildman–Crippen LogP) is 3.14. The minimum atomic E-state index is 0.116. The van der Waals surface area contributed by atoms with Crippen molar-refractivity contribution in [2.45, 2.75) is 19.6 Å². The fourth-order valence-corrected chi connectivity index (χ4v) is 3.40. The first-order valence-corrected chi connectivity index (χ1v) is 6.52. The number of aryl methyl sites for hydroxylation is 1. The number of thiazole rings is 1. The third-order valence-corrected chi connectivity index (χ3v) is 4.16. The van der Waals surface area contributed by atoms with E-state index in [1.807, 2.05) is 11.3 Å². The van der Waals surface area contributed by atoms with Crippen molar-refractivity contribution >= 4 is 44.6 Å². The molecule has 0 aliphatic carbocycles. The second-order valence-corrected chi connectivity index (χ2v) is 5.81. The zero-order valence-electron chi connectivity index (χ0n) is 8.28. The Morgan fingerprint density at radius 3 is 3.13 bits per heavy atom. The zero-order valence-corrected chi connectivity index (χ0v) is 10.7. The Bertz CT molecular complexity index is 517. The monoisotopic (exact) mass is 260 g/mol. The molecule has 0 radical (unpaired) electrons. The summed E-state index contributed by atoms with van der Waals surface area (Å²) in [4.78, 5) is 17.2. The SMILES string of the molecule is CC(=O)SCc1c(C)sc2cnc(Cl)n12. The highest BCUT2D eigenvalue weighted by Crippen LogP contribution is 2.28. The van der Waals surface area contributed by atoms with Crippen LogP contribution in [0.3, 0.4) is 0 Å². The fraction of sp³-hybridized carbons (Fsp3) is 0.333. The number of halogens is 1. The standard InChI is InChI=1S/C9H9ClN2OS2/c1-5-7(4-14-6(2)13)12-8(15-5)3-11-9(12)10/h3H,4H2,1-2H3. The Morgan fingerprint density at radius 1 is 1.73 bits per heavy atom. The molecule has 2 aromatic heterocycles. The molecule has 6 heteroatoms. The van der Waals surface area contributed by atoms with E-state index in [-0.39, 0.29) is 5.12 Å². The molecule has 0 fully saturated rings.